The van der Waals surface area contributed by atoms with E-state index in [2.05, 4.69) is 0 Å². The Hall–Kier alpha value is -0.130. The lowest BCUT2D eigenvalue weighted by Crippen LogP contribution is -2.44. The number of rotatable bonds is 4. The molecule has 2 atom stereocenters. The molecule has 0 aromatic rings. The molecule has 0 aromatic heterocycles. The molecule has 3 N–H and O–H groups in total. The van der Waals surface area contributed by atoms with Crippen molar-refractivity contribution < 1.29 is 13.5 Å². The minimum Gasteiger partial charge on any atom is -0.395 e. The van der Waals surface area contributed by atoms with Gasteiger partial charge >= 0.3 is 0 Å². The maximum atomic E-state index is 11.1. The highest BCUT2D eigenvalue weighted by atomic mass is 32.2. The highest BCUT2D eigenvalue weighted by Gasteiger charge is 2.38. The molecular formula is C7H15NO3S. The monoisotopic (exact) mass is 193 g/mol. The van der Waals surface area contributed by atoms with Crippen LogP contribution in [-0.4, -0.2) is 37.7 Å². The predicted octanol–water partition coefficient (Wildman–Crippen LogP) is -0.871. The van der Waals surface area contributed by atoms with Gasteiger partial charge in [-0.2, -0.15) is 0 Å². The zero-order chi connectivity index (χ0) is 9.35. The molecule has 72 valence electrons. The van der Waals surface area contributed by atoms with Crippen molar-refractivity contribution in [2.24, 2.45) is 11.7 Å². The topological polar surface area (TPSA) is 80.4 Å². The van der Waals surface area contributed by atoms with Gasteiger partial charge in [0.2, 0.25) is 0 Å². The van der Waals surface area contributed by atoms with E-state index in [-0.39, 0.29) is 12.6 Å². The van der Waals surface area contributed by atoms with Crippen LogP contribution in [0.3, 0.4) is 0 Å². The quantitative estimate of drug-likeness (QED) is 0.608. The van der Waals surface area contributed by atoms with Crippen LogP contribution in [0.2, 0.25) is 0 Å². The number of nitrogens with two attached hydrogens (primary N) is 1. The third kappa shape index (κ3) is 2.18. The summed E-state index contributed by atoms with van der Waals surface area (Å²) in [6.45, 7) is -0.365. The molecule has 2 unspecified atom stereocenters. The van der Waals surface area contributed by atoms with E-state index in [1.807, 2.05) is 0 Å². The van der Waals surface area contributed by atoms with Crippen LogP contribution in [0.1, 0.15) is 12.8 Å². The molecule has 1 aliphatic carbocycles. The minimum atomic E-state index is -3.19. The van der Waals surface area contributed by atoms with Crippen molar-refractivity contribution in [2.75, 3.05) is 12.9 Å². The Kier molecular flexibility index (Phi) is 2.75. The highest BCUT2D eigenvalue weighted by Crippen LogP contribution is 2.34. The Morgan fingerprint density at radius 3 is 2.33 bits per heavy atom. The summed E-state index contributed by atoms with van der Waals surface area (Å²) in [5, 5.41) is 8.08. The number of hydrogen-bond acceptors (Lipinski definition) is 4. The van der Waals surface area contributed by atoms with E-state index in [0.29, 0.717) is 5.92 Å². The second kappa shape index (κ2) is 3.32. The molecule has 1 fully saturated rings. The van der Waals surface area contributed by atoms with Crippen molar-refractivity contribution in [1.29, 1.82) is 0 Å². The fourth-order valence-corrected chi connectivity index (χ4v) is 2.39. The minimum absolute atomic E-state index is 0.303. The fraction of sp³-hybridized carbons (Fsp3) is 1.00. The summed E-state index contributed by atoms with van der Waals surface area (Å²) < 4.78 is 22.2. The van der Waals surface area contributed by atoms with E-state index in [1.54, 1.807) is 0 Å². The van der Waals surface area contributed by atoms with Crippen LogP contribution in [-0.2, 0) is 9.84 Å². The second-order valence-electron chi connectivity index (χ2n) is 3.47. The van der Waals surface area contributed by atoms with Crippen LogP contribution >= 0.6 is 0 Å². The van der Waals surface area contributed by atoms with Crippen LogP contribution in [0, 0.1) is 5.92 Å². The number of aliphatic hydroxyl groups excluding tert-OH is 1. The Morgan fingerprint density at radius 1 is 1.58 bits per heavy atom. The van der Waals surface area contributed by atoms with Gasteiger partial charge in [-0.15, -0.1) is 0 Å². The lowest BCUT2D eigenvalue weighted by Gasteiger charge is -2.19. The first-order valence-corrected chi connectivity index (χ1v) is 5.97. The van der Waals surface area contributed by atoms with Crippen molar-refractivity contribution >= 4 is 9.84 Å². The van der Waals surface area contributed by atoms with Gasteiger partial charge in [0.15, 0.2) is 9.84 Å². The number of hydrogen-bond donors (Lipinski definition) is 2. The average molecular weight is 193 g/mol. The molecule has 0 aliphatic heterocycles. The molecule has 1 aliphatic rings. The van der Waals surface area contributed by atoms with Gasteiger partial charge in [0.1, 0.15) is 0 Å². The van der Waals surface area contributed by atoms with E-state index in [1.165, 1.54) is 0 Å². The molecule has 5 heteroatoms. The summed E-state index contributed by atoms with van der Waals surface area (Å²) in [6, 6.07) is -0.384. The van der Waals surface area contributed by atoms with Gasteiger partial charge in [0, 0.05) is 12.3 Å². The largest absolute Gasteiger partial charge is 0.395 e. The first-order valence-electron chi connectivity index (χ1n) is 4.02. The smallest absolute Gasteiger partial charge is 0.154 e. The number of aliphatic hydroxyl groups is 1. The molecule has 0 amide bonds. The Bertz CT molecular complexity index is 245. The molecule has 0 aromatic carbocycles. The predicted molar refractivity (Wildman–Crippen MR) is 46.4 cm³/mol. The zero-order valence-electron chi connectivity index (χ0n) is 7.10. The SMILES string of the molecule is CS(=O)(=O)C(CO)C(N)C1CC1. The molecule has 12 heavy (non-hydrogen) atoms. The molecule has 1 rings (SSSR count). The normalized spacial score (nSPS) is 23.6. The molecule has 0 heterocycles. The van der Waals surface area contributed by atoms with Gasteiger partial charge in [-0.3, -0.25) is 0 Å². The van der Waals surface area contributed by atoms with Gasteiger partial charge < -0.3 is 10.8 Å². The lowest BCUT2D eigenvalue weighted by molar-refractivity contribution is 0.272. The van der Waals surface area contributed by atoms with Crippen molar-refractivity contribution in [3.8, 4) is 0 Å². The van der Waals surface area contributed by atoms with Gasteiger partial charge in [-0.25, -0.2) is 8.42 Å². The summed E-state index contributed by atoms with van der Waals surface area (Å²) in [6.07, 6.45) is 3.11. The van der Waals surface area contributed by atoms with Gasteiger partial charge in [0.25, 0.3) is 0 Å². The lowest BCUT2D eigenvalue weighted by atomic mass is 10.1. The molecular weight excluding hydrogens is 178 g/mol. The van der Waals surface area contributed by atoms with Crippen LogP contribution in [0.25, 0.3) is 0 Å². The Labute approximate surface area is 72.7 Å². The maximum absolute atomic E-state index is 11.1. The van der Waals surface area contributed by atoms with Gasteiger partial charge in [-0.1, -0.05) is 0 Å². The van der Waals surface area contributed by atoms with Crippen LogP contribution in [0.5, 0.6) is 0 Å². The van der Waals surface area contributed by atoms with Crippen molar-refractivity contribution in [2.45, 2.75) is 24.1 Å². The maximum Gasteiger partial charge on any atom is 0.154 e. The van der Waals surface area contributed by atoms with Crippen LogP contribution in [0.15, 0.2) is 0 Å². The Balaban J connectivity index is 2.67. The van der Waals surface area contributed by atoms with Crippen LogP contribution < -0.4 is 5.73 Å². The fourth-order valence-electron chi connectivity index (χ4n) is 1.33. The molecule has 0 bridgehead atoms. The highest BCUT2D eigenvalue weighted by molar-refractivity contribution is 7.91. The third-order valence-corrected chi connectivity index (χ3v) is 3.89. The molecule has 4 nitrogen and oxygen atoms in total. The third-order valence-electron chi connectivity index (χ3n) is 2.33. The summed E-state index contributed by atoms with van der Waals surface area (Å²) in [5.74, 6) is 0.303. The molecule has 0 saturated heterocycles. The van der Waals surface area contributed by atoms with Gasteiger partial charge in [0.05, 0.1) is 11.9 Å². The van der Waals surface area contributed by atoms with E-state index in [9.17, 15) is 8.42 Å². The average Bonchev–Trinajstić information content (AvgIpc) is 2.65. The van der Waals surface area contributed by atoms with E-state index in [0.717, 1.165) is 19.1 Å². The van der Waals surface area contributed by atoms with E-state index in [4.69, 9.17) is 10.8 Å². The summed E-state index contributed by atoms with van der Waals surface area (Å²) in [7, 11) is -3.19. The first kappa shape index (κ1) is 9.95. The van der Waals surface area contributed by atoms with Crippen LogP contribution in [0.4, 0.5) is 0 Å². The zero-order valence-corrected chi connectivity index (χ0v) is 7.92. The Morgan fingerprint density at radius 2 is 2.08 bits per heavy atom. The summed E-state index contributed by atoms with van der Waals surface area (Å²) in [5.41, 5.74) is 5.68. The number of sulfone groups is 1. The second-order valence-corrected chi connectivity index (χ2v) is 5.73. The molecule has 1 saturated carbocycles. The standard InChI is InChI=1S/C7H15NO3S/c1-12(10,11)6(4-9)7(8)5-2-3-5/h5-7,9H,2-4,8H2,1H3. The van der Waals surface area contributed by atoms with Crippen molar-refractivity contribution in [1.82, 2.24) is 0 Å². The summed E-state index contributed by atoms with van der Waals surface area (Å²) >= 11 is 0. The van der Waals surface area contributed by atoms with E-state index < -0.39 is 15.1 Å². The van der Waals surface area contributed by atoms with Gasteiger partial charge in [-0.05, 0) is 18.8 Å². The van der Waals surface area contributed by atoms with E-state index >= 15 is 0 Å². The molecule has 0 spiro atoms. The molecule has 0 radical (unpaired) electrons. The first-order chi connectivity index (χ1) is 5.46. The van der Waals surface area contributed by atoms with Crippen molar-refractivity contribution in [3.05, 3.63) is 0 Å². The summed E-state index contributed by atoms with van der Waals surface area (Å²) in [4.78, 5) is 0. The van der Waals surface area contributed by atoms with Crippen molar-refractivity contribution in [3.63, 3.8) is 0 Å².